The maximum absolute atomic E-state index is 11.1. The average Bonchev–Trinajstić information content (AvgIpc) is 2.23. The Morgan fingerprint density at radius 2 is 2.00 bits per heavy atom. The zero-order chi connectivity index (χ0) is 13.4. The van der Waals surface area contributed by atoms with Crippen molar-refractivity contribution in [2.24, 2.45) is 5.41 Å². The van der Waals surface area contributed by atoms with Gasteiger partial charge in [0.15, 0.2) is 0 Å². The van der Waals surface area contributed by atoms with E-state index in [0.29, 0.717) is 12.4 Å². The van der Waals surface area contributed by atoms with Crippen molar-refractivity contribution in [1.29, 1.82) is 0 Å². The Labute approximate surface area is 106 Å². The minimum atomic E-state index is -2.82. The van der Waals surface area contributed by atoms with Crippen molar-refractivity contribution >= 4 is 9.84 Å². The molecule has 0 spiro atoms. The van der Waals surface area contributed by atoms with E-state index in [9.17, 15) is 8.42 Å². The maximum atomic E-state index is 11.1. The molecule has 0 aliphatic heterocycles. The highest BCUT2D eigenvalue weighted by molar-refractivity contribution is 7.90. The van der Waals surface area contributed by atoms with E-state index in [1.807, 2.05) is 0 Å². The average molecular weight is 265 g/mol. The van der Waals surface area contributed by atoms with Gasteiger partial charge in [-0.3, -0.25) is 0 Å². The molecule has 17 heavy (non-hydrogen) atoms. The van der Waals surface area contributed by atoms with Crippen molar-refractivity contribution in [1.82, 2.24) is 5.32 Å². The van der Waals surface area contributed by atoms with Crippen LogP contribution in [0.1, 0.15) is 33.1 Å². The summed E-state index contributed by atoms with van der Waals surface area (Å²) in [4.78, 5) is 0. The second kappa shape index (κ2) is 8.06. The fourth-order valence-corrected chi connectivity index (χ4v) is 2.38. The van der Waals surface area contributed by atoms with Crippen LogP contribution in [0.3, 0.4) is 0 Å². The molecule has 0 aromatic heterocycles. The van der Waals surface area contributed by atoms with Gasteiger partial charge >= 0.3 is 0 Å². The quantitative estimate of drug-likeness (QED) is 0.608. The Balaban J connectivity index is 3.92. The van der Waals surface area contributed by atoms with Gasteiger partial charge in [-0.15, -0.1) is 0 Å². The van der Waals surface area contributed by atoms with E-state index in [1.54, 1.807) is 7.11 Å². The molecule has 0 aromatic rings. The summed E-state index contributed by atoms with van der Waals surface area (Å²) in [5.74, 6) is 0.292. The van der Waals surface area contributed by atoms with Crippen molar-refractivity contribution in [3.8, 4) is 0 Å². The standard InChI is InChI=1S/C12H27NO3S/c1-5-12(2,11-13-8-9-16-3)7-6-10-17(4,14)15/h13H,5-11H2,1-4H3. The Bertz CT molecular complexity index is 290. The third-order valence-electron chi connectivity index (χ3n) is 3.18. The molecule has 1 unspecified atom stereocenters. The van der Waals surface area contributed by atoms with Crippen molar-refractivity contribution < 1.29 is 13.2 Å². The van der Waals surface area contributed by atoms with Gasteiger partial charge < -0.3 is 10.1 Å². The third-order valence-corrected chi connectivity index (χ3v) is 4.21. The topological polar surface area (TPSA) is 55.4 Å². The van der Waals surface area contributed by atoms with Crippen LogP contribution in [0, 0.1) is 5.41 Å². The van der Waals surface area contributed by atoms with E-state index < -0.39 is 9.84 Å². The first kappa shape index (κ1) is 16.9. The van der Waals surface area contributed by atoms with Gasteiger partial charge in [0.1, 0.15) is 9.84 Å². The van der Waals surface area contributed by atoms with Gasteiger partial charge in [0.05, 0.1) is 6.61 Å². The summed E-state index contributed by atoms with van der Waals surface area (Å²) in [5.41, 5.74) is 0.179. The van der Waals surface area contributed by atoms with Gasteiger partial charge in [-0.25, -0.2) is 8.42 Å². The third kappa shape index (κ3) is 9.56. The Morgan fingerprint density at radius 1 is 1.35 bits per heavy atom. The molecule has 0 bridgehead atoms. The Hall–Kier alpha value is -0.130. The van der Waals surface area contributed by atoms with E-state index in [1.165, 1.54) is 6.26 Å². The molecule has 0 radical (unpaired) electrons. The van der Waals surface area contributed by atoms with Crippen molar-refractivity contribution in [2.45, 2.75) is 33.1 Å². The monoisotopic (exact) mass is 265 g/mol. The van der Waals surface area contributed by atoms with Crippen LogP contribution in [0.15, 0.2) is 0 Å². The predicted octanol–water partition coefficient (Wildman–Crippen LogP) is 1.46. The molecule has 0 heterocycles. The zero-order valence-electron chi connectivity index (χ0n) is 11.6. The number of rotatable bonds is 10. The number of hydrogen-bond donors (Lipinski definition) is 1. The van der Waals surface area contributed by atoms with E-state index in [0.717, 1.165) is 32.4 Å². The molecule has 0 rings (SSSR count). The first-order chi connectivity index (χ1) is 7.83. The molecule has 0 amide bonds. The lowest BCUT2D eigenvalue weighted by Gasteiger charge is -2.28. The summed E-state index contributed by atoms with van der Waals surface area (Å²) in [6.07, 6.45) is 4.04. The molecule has 0 saturated heterocycles. The molecule has 1 atom stereocenters. The number of ether oxygens (including phenoxy) is 1. The number of sulfone groups is 1. The predicted molar refractivity (Wildman–Crippen MR) is 72.1 cm³/mol. The molecule has 0 aliphatic rings. The molecule has 5 heteroatoms. The molecular formula is C12H27NO3S. The Kier molecular flexibility index (Phi) is 8.00. The van der Waals surface area contributed by atoms with E-state index >= 15 is 0 Å². The molecule has 104 valence electrons. The fraction of sp³-hybridized carbons (Fsp3) is 1.00. The second-order valence-electron chi connectivity index (χ2n) is 5.07. The van der Waals surface area contributed by atoms with Gasteiger partial charge in [-0.1, -0.05) is 13.8 Å². The fourth-order valence-electron chi connectivity index (χ4n) is 1.72. The van der Waals surface area contributed by atoms with Crippen LogP contribution < -0.4 is 5.32 Å². The van der Waals surface area contributed by atoms with E-state index in [4.69, 9.17) is 4.74 Å². The first-order valence-electron chi connectivity index (χ1n) is 6.20. The van der Waals surface area contributed by atoms with Crippen molar-refractivity contribution in [3.63, 3.8) is 0 Å². The number of methoxy groups -OCH3 is 1. The van der Waals surface area contributed by atoms with Gasteiger partial charge in [-0.05, 0) is 24.7 Å². The summed E-state index contributed by atoms with van der Waals surface area (Å²) >= 11 is 0. The van der Waals surface area contributed by atoms with Gasteiger partial charge in [0.25, 0.3) is 0 Å². The highest BCUT2D eigenvalue weighted by Crippen LogP contribution is 2.26. The SMILES string of the molecule is CCC(C)(CCCS(C)(=O)=O)CNCCOC. The smallest absolute Gasteiger partial charge is 0.147 e. The van der Waals surface area contributed by atoms with Crippen LogP contribution in [-0.4, -0.2) is 47.2 Å². The van der Waals surface area contributed by atoms with Crippen LogP contribution in [0.25, 0.3) is 0 Å². The number of hydrogen-bond acceptors (Lipinski definition) is 4. The van der Waals surface area contributed by atoms with Crippen LogP contribution in [0.5, 0.6) is 0 Å². The highest BCUT2D eigenvalue weighted by atomic mass is 32.2. The molecule has 0 saturated carbocycles. The lowest BCUT2D eigenvalue weighted by Crippen LogP contribution is -2.33. The van der Waals surface area contributed by atoms with Gasteiger partial charge in [0, 0.05) is 32.2 Å². The summed E-state index contributed by atoms with van der Waals surface area (Å²) in [6.45, 7) is 6.82. The van der Waals surface area contributed by atoms with Crippen molar-refractivity contribution in [2.75, 3.05) is 38.8 Å². The minimum Gasteiger partial charge on any atom is -0.383 e. The van der Waals surface area contributed by atoms with Crippen LogP contribution in [0.4, 0.5) is 0 Å². The van der Waals surface area contributed by atoms with E-state index in [-0.39, 0.29) is 5.41 Å². The molecule has 0 aromatic carbocycles. The lowest BCUT2D eigenvalue weighted by atomic mass is 9.83. The summed E-state index contributed by atoms with van der Waals surface area (Å²) in [5, 5.41) is 3.35. The lowest BCUT2D eigenvalue weighted by molar-refractivity contribution is 0.189. The molecule has 4 nitrogen and oxygen atoms in total. The van der Waals surface area contributed by atoms with Gasteiger partial charge in [0.2, 0.25) is 0 Å². The molecule has 0 aliphatic carbocycles. The van der Waals surface area contributed by atoms with Gasteiger partial charge in [-0.2, -0.15) is 0 Å². The minimum absolute atomic E-state index is 0.179. The summed E-state index contributed by atoms with van der Waals surface area (Å²) in [7, 11) is -1.14. The largest absolute Gasteiger partial charge is 0.383 e. The summed E-state index contributed by atoms with van der Waals surface area (Å²) in [6, 6.07) is 0. The zero-order valence-corrected chi connectivity index (χ0v) is 12.4. The highest BCUT2D eigenvalue weighted by Gasteiger charge is 2.21. The molecule has 0 fully saturated rings. The number of nitrogens with one attached hydrogen (secondary N) is 1. The molecular weight excluding hydrogens is 238 g/mol. The summed E-state index contributed by atoms with van der Waals surface area (Å²) < 4.78 is 27.1. The van der Waals surface area contributed by atoms with Crippen molar-refractivity contribution in [3.05, 3.63) is 0 Å². The first-order valence-corrected chi connectivity index (χ1v) is 8.26. The van der Waals surface area contributed by atoms with E-state index in [2.05, 4.69) is 19.2 Å². The van der Waals surface area contributed by atoms with Crippen LogP contribution >= 0.6 is 0 Å². The second-order valence-corrected chi connectivity index (χ2v) is 7.33. The van der Waals surface area contributed by atoms with Crippen LogP contribution in [0.2, 0.25) is 0 Å². The van der Waals surface area contributed by atoms with Crippen LogP contribution in [-0.2, 0) is 14.6 Å². The molecule has 1 N–H and O–H groups in total. The maximum Gasteiger partial charge on any atom is 0.147 e. The Morgan fingerprint density at radius 3 is 2.47 bits per heavy atom. The normalized spacial score (nSPS) is 15.8.